The van der Waals surface area contributed by atoms with Crippen molar-refractivity contribution in [3.8, 4) is 5.88 Å². The third-order valence-electron chi connectivity index (χ3n) is 2.47. The van der Waals surface area contributed by atoms with Gasteiger partial charge in [-0.05, 0) is 12.1 Å². The highest BCUT2D eigenvalue weighted by molar-refractivity contribution is 5.95. The Balaban J connectivity index is 2.77. The van der Waals surface area contributed by atoms with Crippen LogP contribution in [0.4, 0.5) is 0 Å². The van der Waals surface area contributed by atoms with E-state index in [1.54, 1.807) is 29.7 Å². The summed E-state index contributed by atoms with van der Waals surface area (Å²) in [4.78, 5) is 15.7. The molecule has 0 radical (unpaired) electrons. The zero-order valence-electron chi connectivity index (χ0n) is 9.64. The highest BCUT2D eigenvalue weighted by Gasteiger charge is 2.19. The Morgan fingerprint density at radius 2 is 2.24 bits per heavy atom. The second kappa shape index (κ2) is 4.42. The Hall–Kier alpha value is -2.08. The maximum Gasteiger partial charge on any atom is 0.358 e. The number of ether oxygens (including phenoxy) is 2. The summed E-state index contributed by atoms with van der Waals surface area (Å²) in [6.07, 6.45) is 0. The van der Waals surface area contributed by atoms with E-state index in [2.05, 4.69) is 9.72 Å². The van der Waals surface area contributed by atoms with Gasteiger partial charge in [0.2, 0.25) is 0 Å². The lowest BCUT2D eigenvalue weighted by Crippen LogP contribution is -2.04. The van der Waals surface area contributed by atoms with Crippen LogP contribution in [-0.4, -0.2) is 29.6 Å². The summed E-state index contributed by atoms with van der Waals surface area (Å²) in [5.74, 6) is 0.638. The van der Waals surface area contributed by atoms with Gasteiger partial charge in [-0.25, -0.2) is 9.78 Å². The molecular weight excluding hydrogens is 222 g/mol. The van der Waals surface area contributed by atoms with Crippen LogP contribution >= 0.6 is 0 Å². The van der Waals surface area contributed by atoms with Crippen molar-refractivity contribution in [2.75, 3.05) is 14.2 Å². The van der Waals surface area contributed by atoms with Crippen molar-refractivity contribution in [3.05, 3.63) is 29.7 Å². The van der Waals surface area contributed by atoms with E-state index in [9.17, 15) is 4.79 Å². The highest BCUT2D eigenvalue weighted by Crippen LogP contribution is 2.21. The van der Waals surface area contributed by atoms with Crippen LogP contribution < -0.4 is 10.5 Å². The number of carbonyl (C=O) groups excluding carboxylic acids is 1. The lowest BCUT2D eigenvalue weighted by atomic mass is 10.3. The first-order valence-corrected chi connectivity index (χ1v) is 5.05. The maximum absolute atomic E-state index is 11.6. The van der Waals surface area contributed by atoms with Crippen molar-refractivity contribution < 1.29 is 14.3 Å². The van der Waals surface area contributed by atoms with Gasteiger partial charge in [-0.2, -0.15) is 0 Å². The molecule has 6 nitrogen and oxygen atoms in total. The van der Waals surface area contributed by atoms with Crippen LogP contribution in [0.25, 0.3) is 5.52 Å². The van der Waals surface area contributed by atoms with E-state index in [1.165, 1.54) is 7.11 Å². The number of hydrogen-bond donors (Lipinski definition) is 1. The summed E-state index contributed by atoms with van der Waals surface area (Å²) in [6.45, 7) is 0.207. The molecule has 0 aromatic carbocycles. The van der Waals surface area contributed by atoms with Crippen molar-refractivity contribution in [2.45, 2.75) is 6.54 Å². The average molecular weight is 235 g/mol. The first-order chi connectivity index (χ1) is 8.22. The van der Waals surface area contributed by atoms with E-state index in [0.29, 0.717) is 17.2 Å². The SMILES string of the molecule is COC(=O)c1nc(CN)n2c(OC)cccc12. The number of pyridine rings is 1. The Morgan fingerprint density at radius 1 is 1.47 bits per heavy atom. The van der Waals surface area contributed by atoms with Crippen LogP contribution in [0.3, 0.4) is 0 Å². The molecule has 0 fully saturated rings. The number of imidazole rings is 1. The predicted molar refractivity (Wildman–Crippen MR) is 61.0 cm³/mol. The van der Waals surface area contributed by atoms with Crippen molar-refractivity contribution in [1.82, 2.24) is 9.38 Å². The van der Waals surface area contributed by atoms with Crippen LogP contribution in [0.1, 0.15) is 16.3 Å². The molecule has 0 aliphatic rings. The molecule has 0 aliphatic heterocycles. The molecule has 2 aromatic rings. The van der Waals surface area contributed by atoms with Crippen LogP contribution in [0.5, 0.6) is 5.88 Å². The third-order valence-corrected chi connectivity index (χ3v) is 2.47. The molecule has 0 bridgehead atoms. The van der Waals surface area contributed by atoms with Crippen molar-refractivity contribution >= 4 is 11.5 Å². The first kappa shape index (κ1) is 11.4. The lowest BCUT2D eigenvalue weighted by molar-refractivity contribution is 0.0597. The topological polar surface area (TPSA) is 78.8 Å². The van der Waals surface area contributed by atoms with Crippen molar-refractivity contribution in [3.63, 3.8) is 0 Å². The van der Waals surface area contributed by atoms with Gasteiger partial charge < -0.3 is 15.2 Å². The van der Waals surface area contributed by atoms with Gasteiger partial charge in [0.15, 0.2) is 11.6 Å². The molecule has 0 spiro atoms. The van der Waals surface area contributed by atoms with Gasteiger partial charge >= 0.3 is 5.97 Å². The number of methoxy groups -OCH3 is 2. The number of esters is 1. The molecule has 2 rings (SSSR count). The second-order valence-corrected chi connectivity index (χ2v) is 3.36. The fraction of sp³-hybridized carbons (Fsp3) is 0.273. The quantitative estimate of drug-likeness (QED) is 0.787. The van der Waals surface area contributed by atoms with E-state index >= 15 is 0 Å². The van der Waals surface area contributed by atoms with Crippen LogP contribution in [0, 0.1) is 0 Å². The molecule has 0 saturated heterocycles. The smallest absolute Gasteiger partial charge is 0.358 e. The number of rotatable bonds is 3. The molecule has 90 valence electrons. The number of carbonyl (C=O) groups is 1. The van der Waals surface area contributed by atoms with E-state index in [-0.39, 0.29) is 12.2 Å². The van der Waals surface area contributed by atoms with Crippen LogP contribution in [-0.2, 0) is 11.3 Å². The highest BCUT2D eigenvalue weighted by atomic mass is 16.5. The largest absolute Gasteiger partial charge is 0.482 e. The summed E-state index contributed by atoms with van der Waals surface area (Å²) in [5, 5.41) is 0. The van der Waals surface area contributed by atoms with Crippen molar-refractivity contribution in [2.24, 2.45) is 5.73 Å². The van der Waals surface area contributed by atoms with Gasteiger partial charge in [-0.1, -0.05) is 6.07 Å². The fourth-order valence-corrected chi connectivity index (χ4v) is 1.72. The number of nitrogens with two attached hydrogens (primary N) is 1. The zero-order valence-corrected chi connectivity index (χ0v) is 9.64. The van der Waals surface area contributed by atoms with E-state index in [4.69, 9.17) is 10.5 Å². The molecule has 2 aromatic heterocycles. The molecule has 0 aliphatic carbocycles. The normalized spacial score (nSPS) is 10.5. The molecule has 17 heavy (non-hydrogen) atoms. The molecule has 0 unspecified atom stereocenters. The predicted octanol–water partition coefficient (Wildman–Crippen LogP) is 0.588. The molecule has 0 atom stereocenters. The number of nitrogens with zero attached hydrogens (tertiary/aromatic N) is 2. The minimum Gasteiger partial charge on any atom is -0.482 e. The summed E-state index contributed by atoms with van der Waals surface area (Å²) >= 11 is 0. The first-order valence-electron chi connectivity index (χ1n) is 5.05. The standard InChI is InChI=1S/C11H13N3O3/c1-16-9-5-3-4-7-10(11(15)17-2)13-8(6-12)14(7)9/h3-5H,6,12H2,1-2H3. The molecule has 2 N–H and O–H groups in total. The van der Waals surface area contributed by atoms with E-state index < -0.39 is 5.97 Å². The van der Waals surface area contributed by atoms with Crippen molar-refractivity contribution in [1.29, 1.82) is 0 Å². The summed E-state index contributed by atoms with van der Waals surface area (Å²) in [7, 11) is 2.86. The summed E-state index contributed by atoms with van der Waals surface area (Å²) < 4.78 is 11.6. The lowest BCUT2D eigenvalue weighted by Gasteiger charge is -2.05. The summed E-state index contributed by atoms with van der Waals surface area (Å²) in [5.41, 5.74) is 6.47. The molecule has 0 amide bonds. The minimum atomic E-state index is -0.490. The molecular formula is C11H13N3O3. The Kier molecular flexibility index (Phi) is 2.97. The van der Waals surface area contributed by atoms with Gasteiger partial charge in [0, 0.05) is 0 Å². The number of hydrogen-bond acceptors (Lipinski definition) is 5. The molecule has 2 heterocycles. The van der Waals surface area contributed by atoms with Gasteiger partial charge in [-0.15, -0.1) is 0 Å². The van der Waals surface area contributed by atoms with Gasteiger partial charge in [0.05, 0.1) is 26.3 Å². The minimum absolute atomic E-state index is 0.207. The average Bonchev–Trinajstić information content (AvgIpc) is 2.76. The summed E-state index contributed by atoms with van der Waals surface area (Å²) in [6, 6.07) is 5.32. The maximum atomic E-state index is 11.6. The van der Waals surface area contributed by atoms with Gasteiger partial charge in [-0.3, -0.25) is 4.40 Å². The zero-order chi connectivity index (χ0) is 12.4. The number of aromatic nitrogens is 2. The molecule has 6 heteroatoms. The van der Waals surface area contributed by atoms with Crippen LogP contribution in [0.15, 0.2) is 18.2 Å². The Labute approximate surface area is 98.0 Å². The van der Waals surface area contributed by atoms with Gasteiger partial charge in [0.25, 0.3) is 0 Å². The number of fused-ring (bicyclic) bond motifs is 1. The van der Waals surface area contributed by atoms with Crippen LogP contribution in [0.2, 0.25) is 0 Å². The van der Waals surface area contributed by atoms with E-state index in [1.807, 2.05) is 0 Å². The Bertz CT molecular complexity index is 562. The molecule has 0 saturated carbocycles. The van der Waals surface area contributed by atoms with Gasteiger partial charge in [0.1, 0.15) is 5.82 Å². The Morgan fingerprint density at radius 3 is 2.82 bits per heavy atom. The van der Waals surface area contributed by atoms with E-state index in [0.717, 1.165) is 0 Å². The fourth-order valence-electron chi connectivity index (χ4n) is 1.72. The second-order valence-electron chi connectivity index (χ2n) is 3.36. The monoisotopic (exact) mass is 235 g/mol. The third kappa shape index (κ3) is 1.72.